The van der Waals surface area contributed by atoms with Crippen LogP contribution in [0.3, 0.4) is 0 Å². The van der Waals surface area contributed by atoms with Gasteiger partial charge in [-0.1, -0.05) is 34.1 Å². The predicted octanol–water partition coefficient (Wildman–Crippen LogP) is 3.29. The number of hydrogen-bond donors (Lipinski definition) is 1. The Morgan fingerprint density at radius 3 is 2.65 bits per heavy atom. The third-order valence-corrected chi connectivity index (χ3v) is 3.15. The number of nitro benzene ring substituents is 1. The highest BCUT2D eigenvalue weighted by molar-refractivity contribution is 9.10. The number of benzene rings is 2. The molecule has 0 heterocycles. The van der Waals surface area contributed by atoms with Gasteiger partial charge >= 0.3 is 0 Å². The molecule has 5 nitrogen and oxygen atoms in total. The first kappa shape index (κ1) is 14.2. The van der Waals surface area contributed by atoms with Crippen LogP contribution in [0.4, 0.5) is 5.69 Å². The molecule has 0 spiro atoms. The van der Waals surface area contributed by atoms with Crippen molar-refractivity contribution in [2.45, 2.75) is 6.54 Å². The molecular weight excluding hydrogens is 324 g/mol. The van der Waals surface area contributed by atoms with Gasteiger partial charge in [-0.25, -0.2) is 0 Å². The number of non-ortho nitro benzene ring substituents is 1. The first-order valence-electron chi connectivity index (χ1n) is 5.83. The normalized spacial score (nSPS) is 10.1. The summed E-state index contributed by atoms with van der Waals surface area (Å²) in [5, 5.41) is 13.4. The van der Waals surface area contributed by atoms with E-state index in [0.717, 1.165) is 10.0 Å². The number of nitrogens with zero attached hydrogens (tertiary/aromatic N) is 1. The third-order valence-electron chi connectivity index (χ3n) is 2.66. The zero-order valence-corrected chi connectivity index (χ0v) is 12.0. The molecule has 6 heteroatoms. The van der Waals surface area contributed by atoms with Crippen LogP contribution in [0.2, 0.25) is 0 Å². The lowest BCUT2D eigenvalue weighted by Gasteiger charge is -2.05. The zero-order chi connectivity index (χ0) is 14.5. The second kappa shape index (κ2) is 6.29. The Kier molecular flexibility index (Phi) is 4.47. The quantitative estimate of drug-likeness (QED) is 0.688. The van der Waals surface area contributed by atoms with Crippen LogP contribution in [-0.2, 0) is 6.54 Å². The summed E-state index contributed by atoms with van der Waals surface area (Å²) >= 11 is 3.35. The second-order valence-corrected chi connectivity index (χ2v) is 5.04. The minimum absolute atomic E-state index is 0.0971. The van der Waals surface area contributed by atoms with Crippen LogP contribution < -0.4 is 5.32 Å². The molecule has 0 unspecified atom stereocenters. The van der Waals surface area contributed by atoms with E-state index in [2.05, 4.69) is 21.2 Å². The highest BCUT2D eigenvalue weighted by Gasteiger charge is 2.11. The van der Waals surface area contributed by atoms with Gasteiger partial charge in [-0.15, -0.1) is 0 Å². The molecule has 0 aliphatic heterocycles. The maximum atomic E-state index is 11.9. The molecule has 0 aliphatic rings. The van der Waals surface area contributed by atoms with Gasteiger partial charge in [0.2, 0.25) is 0 Å². The van der Waals surface area contributed by atoms with E-state index < -0.39 is 4.92 Å². The van der Waals surface area contributed by atoms with Crippen LogP contribution in [0.5, 0.6) is 0 Å². The summed E-state index contributed by atoms with van der Waals surface area (Å²) < 4.78 is 0.930. The van der Waals surface area contributed by atoms with E-state index in [4.69, 9.17) is 0 Å². The van der Waals surface area contributed by atoms with Gasteiger partial charge in [0.25, 0.3) is 11.6 Å². The molecule has 0 bridgehead atoms. The summed E-state index contributed by atoms with van der Waals surface area (Å²) in [6, 6.07) is 13.2. The van der Waals surface area contributed by atoms with E-state index in [-0.39, 0.29) is 17.2 Å². The summed E-state index contributed by atoms with van der Waals surface area (Å²) in [4.78, 5) is 22.1. The van der Waals surface area contributed by atoms with Gasteiger partial charge in [0.05, 0.1) is 4.92 Å². The van der Waals surface area contributed by atoms with Gasteiger partial charge in [0.1, 0.15) is 0 Å². The fourth-order valence-corrected chi connectivity index (χ4v) is 2.14. The van der Waals surface area contributed by atoms with E-state index in [1.54, 1.807) is 6.07 Å². The Morgan fingerprint density at radius 1 is 1.20 bits per heavy atom. The molecule has 0 fully saturated rings. The summed E-state index contributed by atoms with van der Waals surface area (Å²) in [6.07, 6.45) is 0. The predicted molar refractivity (Wildman–Crippen MR) is 78.4 cm³/mol. The number of amides is 1. The van der Waals surface area contributed by atoms with Crippen molar-refractivity contribution in [2.24, 2.45) is 0 Å². The maximum absolute atomic E-state index is 11.9. The fraction of sp³-hybridized carbons (Fsp3) is 0.0714. The molecule has 0 aliphatic carbocycles. The first-order valence-corrected chi connectivity index (χ1v) is 6.62. The van der Waals surface area contributed by atoms with Crippen molar-refractivity contribution < 1.29 is 9.72 Å². The molecular formula is C14H11BrN2O3. The number of hydrogen-bond acceptors (Lipinski definition) is 3. The van der Waals surface area contributed by atoms with Crippen LogP contribution in [0.25, 0.3) is 0 Å². The van der Waals surface area contributed by atoms with E-state index >= 15 is 0 Å². The largest absolute Gasteiger partial charge is 0.348 e. The Balaban J connectivity index is 2.05. The van der Waals surface area contributed by atoms with Crippen LogP contribution >= 0.6 is 15.9 Å². The summed E-state index contributed by atoms with van der Waals surface area (Å²) in [5.41, 5.74) is 1.12. The monoisotopic (exact) mass is 334 g/mol. The van der Waals surface area contributed by atoms with Gasteiger partial charge in [0, 0.05) is 28.7 Å². The van der Waals surface area contributed by atoms with E-state index in [9.17, 15) is 14.9 Å². The first-order chi connectivity index (χ1) is 9.56. The number of rotatable bonds is 4. The Bertz CT molecular complexity index is 658. The second-order valence-electron chi connectivity index (χ2n) is 4.12. The van der Waals surface area contributed by atoms with Gasteiger partial charge in [-0.05, 0) is 23.8 Å². The molecule has 0 saturated carbocycles. The third kappa shape index (κ3) is 3.64. The fourth-order valence-electron chi connectivity index (χ4n) is 1.69. The maximum Gasteiger partial charge on any atom is 0.270 e. The lowest BCUT2D eigenvalue weighted by Crippen LogP contribution is -2.22. The number of nitro groups is 1. The lowest BCUT2D eigenvalue weighted by atomic mass is 10.1. The summed E-state index contributed by atoms with van der Waals surface area (Å²) in [7, 11) is 0. The number of carbonyl (C=O) groups excluding carboxylic acids is 1. The summed E-state index contributed by atoms with van der Waals surface area (Å²) in [5.74, 6) is -0.339. The van der Waals surface area contributed by atoms with Crippen molar-refractivity contribution in [1.82, 2.24) is 5.32 Å². The van der Waals surface area contributed by atoms with Crippen molar-refractivity contribution in [3.63, 3.8) is 0 Å². The minimum Gasteiger partial charge on any atom is -0.348 e. The van der Waals surface area contributed by atoms with Crippen molar-refractivity contribution in [1.29, 1.82) is 0 Å². The van der Waals surface area contributed by atoms with Crippen molar-refractivity contribution in [2.75, 3.05) is 0 Å². The summed E-state index contributed by atoms with van der Waals surface area (Å²) in [6.45, 7) is 0.362. The molecule has 1 amide bonds. The molecule has 20 heavy (non-hydrogen) atoms. The van der Waals surface area contributed by atoms with Gasteiger partial charge in [0.15, 0.2) is 0 Å². The lowest BCUT2D eigenvalue weighted by molar-refractivity contribution is -0.384. The molecule has 0 atom stereocenters. The molecule has 2 rings (SSSR count). The SMILES string of the molecule is O=C(NCc1cccc(Br)c1)c1cccc([N+](=O)[O-])c1. The Morgan fingerprint density at radius 2 is 1.95 bits per heavy atom. The van der Waals surface area contributed by atoms with E-state index in [0.29, 0.717) is 6.54 Å². The number of carbonyl (C=O) groups is 1. The van der Waals surface area contributed by atoms with Gasteiger partial charge in [-0.2, -0.15) is 0 Å². The Labute approximate surface area is 123 Å². The Hall–Kier alpha value is -2.21. The molecule has 0 radical (unpaired) electrons. The molecule has 1 N–H and O–H groups in total. The van der Waals surface area contributed by atoms with Gasteiger partial charge < -0.3 is 5.32 Å². The topological polar surface area (TPSA) is 72.2 Å². The van der Waals surface area contributed by atoms with Crippen LogP contribution in [-0.4, -0.2) is 10.8 Å². The van der Waals surface area contributed by atoms with E-state index in [1.165, 1.54) is 18.2 Å². The van der Waals surface area contributed by atoms with Crippen molar-refractivity contribution in [3.8, 4) is 0 Å². The molecule has 2 aromatic carbocycles. The van der Waals surface area contributed by atoms with E-state index in [1.807, 2.05) is 24.3 Å². The molecule has 0 saturated heterocycles. The minimum atomic E-state index is -0.523. The smallest absolute Gasteiger partial charge is 0.270 e. The van der Waals surface area contributed by atoms with Crippen LogP contribution in [0, 0.1) is 10.1 Å². The van der Waals surface area contributed by atoms with Crippen LogP contribution in [0.1, 0.15) is 15.9 Å². The van der Waals surface area contributed by atoms with Gasteiger partial charge in [-0.3, -0.25) is 14.9 Å². The average molecular weight is 335 g/mol. The molecule has 2 aromatic rings. The highest BCUT2D eigenvalue weighted by Crippen LogP contribution is 2.14. The molecule has 102 valence electrons. The average Bonchev–Trinajstić information content (AvgIpc) is 2.45. The number of nitrogens with one attached hydrogen (secondary N) is 1. The standard InChI is InChI=1S/C14H11BrN2O3/c15-12-5-1-3-10(7-12)9-16-14(18)11-4-2-6-13(8-11)17(19)20/h1-8H,9H2,(H,16,18). The zero-order valence-electron chi connectivity index (χ0n) is 10.4. The van der Waals surface area contributed by atoms with Crippen LogP contribution in [0.15, 0.2) is 53.0 Å². The van der Waals surface area contributed by atoms with Crippen molar-refractivity contribution >= 4 is 27.5 Å². The van der Waals surface area contributed by atoms with Crippen molar-refractivity contribution in [3.05, 3.63) is 74.2 Å². The number of halogens is 1. The highest BCUT2D eigenvalue weighted by atomic mass is 79.9. The molecule has 0 aromatic heterocycles.